The molecule has 0 aromatic carbocycles. The molecule has 0 saturated carbocycles. The third-order valence-corrected chi connectivity index (χ3v) is 19.5. The van der Waals surface area contributed by atoms with Gasteiger partial charge in [-0.2, -0.15) is 11.8 Å². The highest BCUT2D eigenvalue weighted by Crippen LogP contribution is 2.27. The molecule has 0 bridgehead atoms. The highest BCUT2D eigenvalue weighted by atomic mass is 32.2. The van der Waals surface area contributed by atoms with Gasteiger partial charge in [0.05, 0.1) is 11.7 Å². The molecule has 11 amide bonds. The summed E-state index contributed by atoms with van der Waals surface area (Å²) in [7, 11) is 9.75. The van der Waals surface area contributed by atoms with Crippen LogP contribution in [0.4, 0.5) is 0 Å². The number of thioether (sulfide) groups is 1. The van der Waals surface area contributed by atoms with Gasteiger partial charge in [-0.15, -0.1) is 0 Å². The smallest absolute Gasteiger partial charge is 0.246 e. The van der Waals surface area contributed by atoms with Gasteiger partial charge in [-0.05, 0) is 121 Å². The van der Waals surface area contributed by atoms with Gasteiger partial charge in [-0.25, -0.2) is 0 Å². The van der Waals surface area contributed by atoms with Crippen molar-refractivity contribution in [1.82, 2.24) is 55.6 Å². The number of hydrogen-bond donors (Lipinski definition) is 8. The van der Waals surface area contributed by atoms with Crippen LogP contribution in [0.2, 0.25) is 0 Å². The number of amides is 11. The van der Waals surface area contributed by atoms with Crippen molar-refractivity contribution < 1.29 is 73.2 Å². The lowest BCUT2D eigenvalue weighted by atomic mass is 9.91. The molecule has 26 nitrogen and oxygen atoms in total. The highest BCUT2D eigenvalue weighted by Gasteiger charge is 2.47. The quantitative estimate of drug-likeness (QED) is 0.0508. The van der Waals surface area contributed by atoms with E-state index in [0.717, 1.165) is 9.80 Å². The molecule has 0 aliphatic carbocycles. The molecule has 8 N–H and O–H groups in total. The zero-order valence-corrected chi connectivity index (χ0v) is 64.0. The summed E-state index contributed by atoms with van der Waals surface area (Å²) >= 11 is 1.32. The molecule has 1 fully saturated rings. The SMILES string of the molecule is C/C=C/C[C@@H](C)[C@@H](O)[C@H]1C(=O)N[C@@H](CC)C(=O)N(C)[C@H](CSCCCCC(CO)CO)C(=O)N(C)[C@@H](CC(C)(C)O)C(=O)N[C@@H](C(C)C)C(=O)N(C)[C@@H](CC(C)C)C(=O)N[C@@H](C)C(=O)N[C@H](C)C(=O)N(C)[C@@H](CC(C)C)C(=O)N(C)[C@@H](CC(C)C)C(=O)N(C)[C@@H](C(C)C)C(=O)N1C. The summed E-state index contributed by atoms with van der Waals surface area (Å²) in [6.45, 7) is 28.3. The van der Waals surface area contributed by atoms with Crippen LogP contribution in [-0.2, 0) is 52.7 Å². The van der Waals surface area contributed by atoms with Gasteiger partial charge >= 0.3 is 0 Å². The number of aliphatic hydroxyl groups excluding tert-OH is 3. The number of unbranched alkanes of at least 4 members (excludes halogenated alkanes) is 1. The van der Waals surface area contributed by atoms with Crippen LogP contribution < -0.4 is 21.3 Å². The maximum atomic E-state index is 15.4. The Balaban J connectivity index is 4.57. The third-order valence-electron chi connectivity index (χ3n) is 18.3. The van der Waals surface area contributed by atoms with Gasteiger partial charge < -0.3 is 76.0 Å². The number of likely N-dealkylation sites (N-methyl/N-ethyl adjacent to an activating group) is 7. The first kappa shape index (κ1) is 89.1. The minimum atomic E-state index is -1.69. The molecule has 0 spiro atoms. The fourth-order valence-corrected chi connectivity index (χ4v) is 13.2. The van der Waals surface area contributed by atoms with E-state index in [0.29, 0.717) is 25.0 Å². The molecule has 0 aromatic rings. The molecule has 97 heavy (non-hydrogen) atoms. The van der Waals surface area contributed by atoms with E-state index in [9.17, 15) is 44.4 Å². The lowest BCUT2D eigenvalue weighted by Gasteiger charge is -2.41. The second kappa shape index (κ2) is 41.6. The lowest BCUT2D eigenvalue weighted by molar-refractivity contribution is -0.157. The summed E-state index contributed by atoms with van der Waals surface area (Å²) in [5.41, 5.74) is -1.61. The molecule has 0 unspecified atom stereocenters. The Morgan fingerprint density at radius 1 is 0.505 bits per heavy atom. The number of nitrogens with one attached hydrogen (secondary N) is 4. The molecule has 1 aliphatic heterocycles. The monoisotopic (exact) mass is 1390 g/mol. The number of hydrogen-bond acceptors (Lipinski definition) is 16. The molecule has 1 rings (SSSR count). The highest BCUT2D eigenvalue weighted by molar-refractivity contribution is 7.99. The Hall–Kier alpha value is -5.90. The number of allylic oxidation sites excluding steroid dienone is 2. The Labute approximate surface area is 584 Å². The third kappa shape index (κ3) is 26.6. The minimum Gasteiger partial charge on any atom is -0.396 e. The fraction of sp³-hybridized carbons (Fsp3) is 0.814. The number of rotatable bonds is 24. The van der Waals surface area contributed by atoms with E-state index in [1.165, 1.54) is 113 Å². The lowest BCUT2D eigenvalue weighted by Crippen LogP contribution is -2.64. The van der Waals surface area contributed by atoms with Gasteiger partial charge in [0.25, 0.3) is 0 Å². The Bertz CT molecular complexity index is 2620. The van der Waals surface area contributed by atoms with Crippen LogP contribution in [0.3, 0.4) is 0 Å². The molecule has 27 heteroatoms. The Morgan fingerprint density at radius 2 is 0.948 bits per heavy atom. The van der Waals surface area contributed by atoms with Crippen molar-refractivity contribution in [3.63, 3.8) is 0 Å². The van der Waals surface area contributed by atoms with Gasteiger partial charge in [0.1, 0.15) is 66.5 Å². The maximum Gasteiger partial charge on any atom is 0.246 e. The molecular formula is C70H127N11O15S. The molecule has 0 radical (unpaired) electrons. The number of aliphatic hydroxyl groups is 4. The second-order valence-electron chi connectivity index (χ2n) is 29.5. The van der Waals surface area contributed by atoms with E-state index in [4.69, 9.17) is 0 Å². The first-order valence-corrected chi connectivity index (χ1v) is 36.0. The molecule has 1 saturated heterocycles. The average Bonchev–Trinajstić information content (AvgIpc) is 0.812. The topological polar surface area (TPSA) is 339 Å². The summed E-state index contributed by atoms with van der Waals surface area (Å²) in [5, 5.41) is 54.1. The molecular weight excluding hydrogens is 1270 g/mol. The molecule has 13 atom stereocenters. The van der Waals surface area contributed by atoms with Crippen molar-refractivity contribution in [1.29, 1.82) is 0 Å². The van der Waals surface area contributed by atoms with Crippen LogP contribution in [0.25, 0.3) is 0 Å². The minimum absolute atomic E-state index is 0.0495. The van der Waals surface area contributed by atoms with Gasteiger partial charge in [-0.1, -0.05) is 102 Å². The zero-order chi connectivity index (χ0) is 75.0. The van der Waals surface area contributed by atoms with Gasteiger partial charge in [0.15, 0.2) is 0 Å². The standard InChI is InChI=1S/C70H127N11O15S/c1-25-27-30-45(13)58(84)57-62(88)73-49(26-2)64(90)79(22)54(39-97-32-29-28-31-48(37-82)38-83)67(93)78(21)53(36-70(16,17)96)61(87)74-55(43(9)10)68(94)75(18)50(33-40(3)4)60(86)71-46(14)59(85)72-47(15)63(89)76(19)51(34-41(5)6)65(91)77(20)52(35-42(7)8)66(92)80(23)56(44(11)12)69(95)81(57)24/h25,27,40-58,82-84,96H,26,28-39H2,1-24H3,(H,71,86)(H,72,85)(H,73,88)(H,74,87)/b27-25+/t45-,46+,47-,49+,50+,51+,52+,53+,54-,55+,56+,57+,58-/m1/s1. The van der Waals surface area contributed by atoms with Gasteiger partial charge in [0.2, 0.25) is 65.0 Å². The van der Waals surface area contributed by atoms with Crippen molar-refractivity contribution in [2.24, 2.45) is 41.4 Å². The van der Waals surface area contributed by atoms with E-state index in [2.05, 4.69) is 21.3 Å². The fourth-order valence-electron chi connectivity index (χ4n) is 12.0. The van der Waals surface area contributed by atoms with E-state index in [-0.39, 0.29) is 81.2 Å². The number of nitrogens with zero attached hydrogens (tertiary/aromatic N) is 7. The Kier molecular flexibility index (Phi) is 38.2. The van der Waals surface area contributed by atoms with Crippen molar-refractivity contribution >= 4 is 76.7 Å². The van der Waals surface area contributed by atoms with Crippen LogP contribution in [0.1, 0.15) is 175 Å². The summed E-state index contributed by atoms with van der Waals surface area (Å²) < 4.78 is 0. The van der Waals surface area contributed by atoms with E-state index in [1.54, 1.807) is 60.6 Å². The first-order chi connectivity index (χ1) is 44.9. The molecule has 558 valence electrons. The predicted molar refractivity (Wildman–Crippen MR) is 378 cm³/mol. The second-order valence-corrected chi connectivity index (χ2v) is 30.6. The van der Waals surface area contributed by atoms with Crippen LogP contribution in [-0.4, -0.2) is 272 Å². The molecule has 1 heterocycles. The summed E-state index contributed by atoms with van der Waals surface area (Å²) in [4.78, 5) is 173. The van der Waals surface area contributed by atoms with Crippen LogP contribution >= 0.6 is 11.8 Å². The van der Waals surface area contributed by atoms with Crippen LogP contribution in [0, 0.1) is 41.4 Å². The van der Waals surface area contributed by atoms with Gasteiger partial charge in [0, 0.05) is 80.6 Å². The van der Waals surface area contributed by atoms with Gasteiger partial charge in [-0.3, -0.25) is 52.7 Å². The van der Waals surface area contributed by atoms with Crippen LogP contribution in [0.15, 0.2) is 12.2 Å². The van der Waals surface area contributed by atoms with E-state index < -0.39 is 161 Å². The summed E-state index contributed by atoms with van der Waals surface area (Å²) in [6, 6.07) is -14.7. The molecule has 1 aliphatic rings. The number of carbonyl (C=O) groups is 11. The number of carbonyl (C=O) groups excluding carboxylic acids is 11. The largest absolute Gasteiger partial charge is 0.396 e. The normalized spacial score (nSPS) is 26.0. The van der Waals surface area contributed by atoms with E-state index in [1.807, 2.05) is 41.5 Å². The van der Waals surface area contributed by atoms with Crippen molar-refractivity contribution in [2.75, 3.05) is 74.1 Å². The Morgan fingerprint density at radius 3 is 1.42 bits per heavy atom. The average molecular weight is 1390 g/mol. The van der Waals surface area contributed by atoms with Crippen molar-refractivity contribution in [3.05, 3.63) is 12.2 Å². The van der Waals surface area contributed by atoms with E-state index >= 15 is 28.8 Å². The zero-order valence-electron chi connectivity index (χ0n) is 63.1. The molecule has 0 aromatic heterocycles. The first-order valence-electron chi connectivity index (χ1n) is 34.8. The summed E-state index contributed by atoms with van der Waals surface area (Å²) in [6.07, 6.45) is 3.93. The maximum absolute atomic E-state index is 15.4. The van der Waals surface area contributed by atoms with Crippen molar-refractivity contribution in [2.45, 2.75) is 254 Å². The van der Waals surface area contributed by atoms with Crippen LogP contribution in [0.5, 0.6) is 0 Å². The predicted octanol–water partition coefficient (Wildman–Crippen LogP) is 3.26. The van der Waals surface area contributed by atoms with Crippen molar-refractivity contribution in [3.8, 4) is 0 Å². The summed E-state index contributed by atoms with van der Waals surface area (Å²) in [5.74, 6) is -10.5.